The molecule has 0 aliphatic carbocycles. The number of benzene rings is 1. The third-order valence-corrected chi connectivity index (χ3v) is 2.48. The first kappa shape index (κ1) is 14.5. The Morgan fingerprint density at radius 1 is 1.28 bits per heavy atom. The van der Waals surface area contributed by atoms with Crippen molar-refractivity contribution in [1.82, 2.24) is 5.32 Å². The molecule has 0 radical (unpaired) electrons. The van der Waals surface area contributed by atoms with Crippen molar-refractivity contribution in [3.63, 3.8) is 0 Å². The van der Waals surface area contributed by atoms with Gasteiger partial charge in [0.1, 0.15) is 6.04 Å². The highest BCUT2D eigenvalue weighted by Gasteiger charge is 2.11. The van der Waals surface area contributed by atoms with Gasteiger partial charge >= 0.3 is 5.97 Å². The summed E-state index contributed by atoms with van der Waals surface area (Å²) >= 11 is 11.6. The van der Waals surface area contributed by atoms with Crippen molar-refractivity contribution >= 4 is 41.2 Å². The van der Waals surface area contributed by atoms with Crippen LogP contribution < -0.4 is 5.32 Å². The minimum Gasteiger partial charge on any atom is -0.480 e. The number of carboxylic acid groups (broad SMARTS) is 1. The maximum Gasteiger partial charge on any atom is 0.325 e. The van der Waals surface area contributed by atoms with Gasteiger partial charge in [0, 0.05) is 16.1 Å². The zero-order valence-electron chi connectivity index (χ0n) is 9.48. The smallest absolute Gasteiger partial charge is 0.325 e. The highest BCUT2D eigenvalue weighted by Crippen LogP contribution is 2.19. The highest BCUT2D eigenvalue weighted by molar-refractivity contribution is 6.34. The first-order chi connectivity index (χ1) is 8.38. The molecule has 1 amide bonds. The number of hydrogen-bond acceptors (Lipinski definition) is 2. The van der Waals surface area contributed by atoms with E-state index in [1.54, 1.807) is 18.2 Å². The lowest BCUT2D eigenvalue weighted by molar-refractivity contribution is -0.140. The molecule has 1 aromatic carbocycles. The molecule has 4 nitrogen and oxygen atoms in total. The fourth-order valence-electron chi connectivity index (χ4n) is 1.17. The molecule has 1 atom stereocenters. The Bertz CT molecular complexity index is 480. The molecule has 1 rings (SSSR count). The van der Waals surface area contributed by atoms with Gasteiger partial charge in [-0.25, -0.2) is 0 Å². The molecule has 0 saturated carbocycles. The fourth-order valence-corrected chi connectivity index (χ4v) is 1.71. The Morgan fingerprint density at radius 2 is 1.83 bits per heavy atom. The van der Waals surface area contributed by atoms with Crippen molar-refractivity contribution in [3.05, 3.63) is 39.9 Å². The highest BCUT2D eigenvalue weighted by atomic mass is 35.5. The van der Waals surface area contributed by atoms with E-state index in [-0.39, 0.29) is 0 Å². The van der Waals surface area contributed by atoms with E-state index in [1.807, 2.05) is 0 Å². The molecule has 1 aromatic rings. The lowest BCUT2D eigenvalue weighted by Crippen LogP contribution is -2.37. The second-order valence-corrected chi connectivity index (χ2v) is 4.48. The molecule has 0 saturated heterocycles. The van der Waals surface area contributed by atoms with Gasteiger partial charge in [-0.3, -0.25) is 9.59 Å². The van der Waals surface area contributed by atoms with Crippen molar-refractivity contribution in [1.29, 1.82) is 0 Å². The average Bonchev–Trinajstić information content (AvgIpc) is 2.25. The average molecular weight is 288 g/mol. The Kier molecular flexibility index (Phi) is 5.19. The van der Waals surface area contributed by atoms with Crippen LogP contribution in [-0.4, -0.2) is 23.0 Å². The fraction of sp³-hybridized carbons (Fsp3) is 0.167. The van der Waals surface area contributed by atoms with Crippen molar-refractivity contribution in [2.45, 2.75) is 13.0 Å². The van der Waals surface area contributed by atoms with Crippen LogP contribution in [0.4, 0.5) is 0 Å². The molecule has 6 heteroatoms. The van der Waals surface area contributed by atoms with Crippen molar-refractivity contribution in [3.8, 4) is 0 Å². The normalized spacial score (nSPS) is 12.4. The number of carbonyl (C=O) groups is 2. The van der Waals surface area contributed by atoms with Gasteiger partial charge in [-0.1, -0.05) is 23.2 Å². The zero-order chi connectivity index (χ0) is 13.7. The zero-order valence-corrected chi connectivity index (χ0v) is 11.0. The van der Waals surface area contributed by atoms with Crippen LogP contribution in [0.1, 0.15) is 12.5 Å². The third kappa shape index (κ3) is 4.77. The van der Waals surface area contributed by atoms with E-state index >= 15 is 0 Å². The van der Waals surface area contributed by atoms with Crippen LogP contribution in [0.3, 0.4) is 0 Å². The van der Waals surface area contributed by atoms with Gasteiger partial charge in [0.15, 0.2) is 0 Å². The van der Waals surface area contributed by atoms with E-state index in [1.165, 1.54) is 19.1 Å². The van der Waals surface area contributed by atoms with Gasteiger partial charge in [0.05, 0.1) is 0 Å². The first-order valence-corrected chi connectivity index (χ1v) is 5.81. The quantitative estimate of drug-likeness (QED) is 0.837. The molecular formula is C12H11Cl2NO3. The number of hydrogen-bond donors (Lipinski definition) is 2. The van der Waals surface area contributed by atoms with Crippen LogP contribution >= 0.6 is 23.2 Å². The summed E-state index contributed by atoms with van der Waals surface area (Å²) in [6.07, 6.45) is 2.73. The molecule has 2 N–H and O–H groups in total. The number of amides is 1. The summed E-state index contributed by atoms with van der Waals surface area (Å²) in [4.78, 5) is 21.9. The van der Waals surface area contributed by atoms with Crippen molar-refractivity contribution in [2.24, 2.45) is 0 Å². The molecule has 0 heterocycles. The molecule has 0 spiro atoms. The number of aliphatic carboxylic acids is 1. The minimum absolute atomic E-state index is 0.460. The second-order valence-electron chi connectivity index (χ2n) is 3.60. The summed E-state index contributed by atoms with van der Waals surface area (Å²) < 4.78 is 0. The summed E-state index contributed by atoms with van der Waals surface area (Å²) in [5.74, 6) is -1.59. The SMILES string of the molecule is C[C@@H](NC(=O)C=Cc1cc(Cl)cc(Cl)c1)C(=O)O. The van der Waals surface area contributed by atoms with Crippen LogP contribution in [0.15, 0.2) is 24.3 Å². The molecule has 18 heavy (non-hydrogen) atoms. The van der Waals surface area contributed by atoms with E-state index in [4.69, 9.17) is 28.3 Å². The molecule has 0 aromatic heterocycles. The topological polar surface area (TPSA) is 66.4 Å². The molecule has 0 unspecified atom stereocenters. The largest absolute Gasteiger partial charge is 0.480 e. The van der Waals surface area contributed by atoms with Crippen LogP contribution in [-0.2, 0) is 9.59 Å². The lowest BCUT2D eigenvalue weighted by Gasteiger charge is -2.06. The summed E-state index contributed by atoms with van der Waals surface area (Å²) in [6.45, 7) is 1.38. The number of halogens is 2. The lowest BCUT2D eigenvalue weighted by atomic mass is 10.2. The Hall–Kier alpha value is -1.52. The maximum absolute atomic E-state index is 11.4. The molecule has 0 aliphatic rings. The van der Waals surface area contributed by atoms with Gasteiger partial charge in [-0.05, 0) is 36.8 Å². The van der Waals surface area contributed by atoms with E-state index < -0.39 is 17.9 Å². The summed E-state index contributed by atoms with van der Waals surface area (Å²) in [7, 11) is 0. The summed E-state index contributed by atoms with van der Waals surface area (Å²) in [6, 6.07) is 3.91. The van der Waals surface area contributed by atoms with E-state index in [0.29, 0.717) is 15.6 Å². The number of carbonyl (C=O) groups excluding carboxylic acids is 1. The number of rotatable bonds is 4. The predicted octanol–water partition coefficient (Wildman–Crippen LogP) is 2.60. The second kappa shape index (κ2) is 6.42. The number of nitrogens with one attached hydrogen (secondary N) is 1. The van der Waals surface area contributed by atoms with Gasteiger partial charge in [0.25, 0.3) is 0 Å². The van der Waals surface area contributed by atoms with Crippen LogP contribution in [0, 0.1) is 0 Å². The molecular weight excluding hydrogens is 277 g/mol. The van der Waals surface area contributed by atoms with Crippen molar-refractivity contribution in [2.75, 3.05) is 0 Å². The van der Waals surface area contributed by atoms with Crippen molar-refractivity contribution < 1.29 is 14.7 Å². The molecule has 96 valence electrons. The molecule has 0 aliphatic heterocycles. The Labute approximate surface area is 114 Å². The monoisotopic (exact) mass is 287 g/mol. The Balaban J connectivity index is 2.69. The van der Waals surface area contributed by atoms with E-state index in [9.17, 15) is 9.59 Å². The Morgan fingerprint density at radius 3 is 2.33 bits per heavy atom. The van der Waals surface area contributed by atoms with Gasteiger partial charge < -0.3 is 10.4 Å². The van der Waals surface area contributed by atoms with Gasteiger partial charge in [-0.15, -0.1) is 0 Å². The third-order valence-electron chi connectivity index (χ3n) is 2.04. The van der Waals surface area contributed by atoms with Crippen LogP contribution in [0.25, 0.3) is 6.08 Å². The summed E-state index contributed by atoms with van der Waals surface area (Å²) in [5.41, 5.74) is 0.658. The van der Waals surface area contributed by atoms with Crippen LogP contribution in [0.2, 0.25) is 10.0 Å². The van der Waals surface area contributed by atoms with E-state index in [0.717, 1.165) is 0 Å². The minimum atomic E-state index is -1.09. The molecule has 0 bridgehead atoms. The van der Waals surface area contributed by atoms with Gasteiger partial charge in [-0.2, -0.15) is 0 Å². The van der Waals surface area contributed by atoms with E-state index in [2.05, 4.69) is 5.32 Å². The number of carboxylic acids is 1. The van der Waals surface area contributed by atoms with Gasteiger partial charge in [0.2, 0.25) is 5.91 Å². The maximum atomic E-state index is 11.4. The van der Waals surface area contributed by atoms with Crippen LogP contribution in [0.5, 0.6) is 0 Å². The summed E-state index contributed by atoms with van der Waals surface area (Å²) in [5, 5.41) is 11.8. The molecule has 0 fully saturated rings. The first-order valence-electron chi connectivity index (χ1n) is 5.06. The predicted molar refractivity (Wildman–Crippen MR) is 70.7 cm³/mol. The standard InChI is InChI=1S/C12H11Cl2NO3/c1-7(12(17)18)15-11(16)3-2-8-4-9(13)6-10(14)5-8/h2-7H,1H3,(H,15,16)(H,17,18)/t7-/m1/s1.